The van der Waals surface area contributed by atoms with Crippen molar-refractivity contribution in [3.05, 3.63) is 53.2 Å². The Kier molecular flexibility index (Phi) is 5.20. The Morgan fingerprint density at radius 1 is 1.21 bits per heavy atom. The van der Waals surface area contributed by atoms with E-state index < -0.39 is 0 Å². The first-order chi connectivity index (χ1) is 11.6. The maximum Gasteiger partial charge on any atom is 0.260 e. The Hall–Kier alpha value is -2.27. The highest BCUT2D eigenvalue weighted by atomic mass is 35.5. The molecule has 3 rings (SSSR count). The molecule has 1 saturated heterocycles. The van der Waals surface area contributed by atoms with Crippen molar-refractivity contribution in [2.24, 2.45) is 0 Å². The number of pyridine rings is 1. The molecule has 6 heteroatoms. The summed E-state index contributed by atoms with van der Waals surface area (Å²) in [6.45, 7) is 4.84. The standard InChI is InChI=1S/C18H20ClN3O2/c1-14-5-6-15(19)16(12-14)24-13-18(23)22-10-8-21(9-11-22)17-4-2-3-7-20-17/h2-7,12H,8-11,13H2,1H3. The van der Waals surface area contributed by atoms with E-state index in [9.17, 15) is 4.79 Å². The van der Waals surface area contributed by atoms with Crippen LogP contribution in [0.25, 0.3) is 0 Å². The van der Waals surface area contributed by atoms with Crippen LogP contribution in [-0.2, 0) is 4.79 Å². The molecule has 2 heterocycles. The van der Waals surface area contributed by atoms with Crippen LogP contribution in [0.5, 0.6) is 5.75 Å². The summed E-state index contributed by atoms with van der Waals surface area (Å²) < 4.78 is 5.60. The maximum absolute atomic E-state index is 12.3. The molecule has 2 aromatic rings. The molecule has 126 valence electrons. The molecule has 0 spiro atoms. The summed E-state index contributed by atoms with van der Waals surface area (Å²) in [4.78, 5) is 20.7. The number of piperazine rings is 1. The summed E-state index contributed by atoms with van der Waals surface area (Å²) in [5.41, 5.74) is 1.05. The average Bonchev–Trinajstić information content (AvgIpc) is 2.63. The number of halogens is 1. The third kappa shape index (κ3) is 3.97. The molecular formula is C18H20ClN3O2. The zero-order valence-electron chi connectivity index (χ0n) is 13.6. The van der Waals surface area contributed by atoms with Crippen molar-refractivity contribution in [3.63, 3.8) is 0 Å². The monoisotopic (exact) mass is 345 g/mol. The van der Waals surface area contributed by atoms with E-state index >= 15 is 0 Å². The van der Waals surface area contributed by atoms with Crippen LogP contribution in [0.4, 0.5) is 5.82 Å². The molecule has 1 fully saturated rings. The second-order valence-electron chi connectivity index (χ2n) is 5.78. The van der Waals surface area contributed by atoms with E-state index in [2.05, 4.69) is 9.88 Å². The van der Waals surface area contributed by atoms with Gasteiger partial charge in [-0.05, 0) is 36.8 Å². The number of benzene rings is 1. The van der Waals surface area contributed by atoms with Crippen molar-refractivity contribution in [2.45, 2.75) is 6.92 Å². The van der Waals surface area contributed by atoms with Gasteiger partial charge in [0.25, 0.3) is 5.91 Å². The summed E-state index contributed by atoms with van der Waals surface area (Å²) in [6, 6.07) is 11.4. The molecule has 1 aromatic carbocycles. The first kappa shape index (κ1) is 16.6. The zero-order chi connectivity index (χ0) is 16.9. The predicted molar refractivity (Wildman–Crippen MR) is 94.7 cm³/mol. The lowest BCUT2D eigenvalue weighted by atomic mass is 10.2. The minimum atomic E-state index is -0.0201. The van der Waals surface area contributed by atoms with E-state index in [-0.39, 0.29) is 12.5 Å². The number of anilines is 1. The van der Waals surface area contributed by atoms with E-state index in [0.29, 0.717) is 23.9 Å². The van der Waals surface area contributed by atoms with Crippen LogP contribution in [0.3, 0.4) is 0 Å². The first-order valence-corrected chi connectivity index (χ1v) is 8.34. The largest absolute Gasteiger partial charge is 0.482 e. The Bertz CT molecular complexity index is 701. The van der Waals surface area contributed by atoms with Gasteiger partial charge >= 0.3 is 0 Å². The summed E-state index contributed by atoms with van der Waals surface area (Å²) in [5.74, 6) is 1.48. The number of hydrogen-bond donors (Lipinski definition) is 0. The van der Waals surface area contributed by atoms with Crippen molar-refractivity contribution in [1.82, 2.24) is 9.88 Å². The number of hydrogen-bond acceptors (Lipinski definition) is 4. The van der Waals surface area contributed by atoms with E-state index in [1.54, 1.807) is 12.3 Å². The lowest BCUT2D eigenvalue weighted by Gasteiger charge is -2.35. The van der Waals surface area contributed by atoms with Crippen LogP contribution in [0.2, 0.25) is 5.02 Å². The molecule has 1 aromatic heterocycles. The third-order valence-electron chi connectivity index (χ3n) is 4.04. The van der Waals surface area contributed by atoms with Gasteiger partial charge in [-0.3, -0.25) is 4.79 Å². The van der Waals surface area contributed by atoms with Gasteiger partial charge < -0.3 is 14.5 Å². The van der Waals surface area contributed by atoms with Crippen molar-refractivity contribution in [3.8, 4) is 5.75 Å². The Balaban J connectivity index is 1.51. The number of ether oxygens (including phenoxy) is 1. The fourth-order valence-electron chi connectivity index (χ4n) is 2.68. The van der Waals surface area contributed by atoms with Crippen molar-refractivity contribution < 1.29 is 9.53 Å². The second-order valence-corrected chi connectivity index (χ2v) is 6.19. The minimum absolute atomic E-state index is 0.00671. The number of nitrogens with zero attached hydrogens (tertiary/aromatic N) is 3. The van der Waals surface area contributed by atoms with Gasteiger partial charge in [-0.25, -0.2) is 4.98 Å². The molecule has 0 N–H and O–H groups in total. The fourth-order valence-corrected chi connectivity index (χ4v) is 2.85. The molecule has 0 saturated carbocycles. The molecule has 1 amide bonds. The molecule has 1 aliphatic rings. The summed E-state index contributed by atoms with van der Waals surface area (Å²) in [5, 5.41) is 0.522. The topological polar surface area (TPSA) is 45.7 Å². The SMILES string of the molecule is Cc1ccc(Cl)c(OCC(=O)N2CCN(c3ccccn3)CC2)c1. The van der Waals surface area contributed by atoms with Gasteiger partial charge in [0.05, 0.1) is 5.02 Å². The Morgan fingerprint density at radius 3 is 2.71 bits per heavy atom. The van der Waals surface area contributed by atoms with E-state index in [1.165, 1.54) is 0 Å². The first-order valence-electron chi connectivity index (χ1n) is 7.96. The van der Waals surface area contributed by atoms with Gasteiger partial charge in [-0.2, -0.15) is 0 Å². The van der Waals surface area contributed by atoms with Crippen LogP contribution in [0.1, 0.15) is 5.56 Å². The lowest BCUT2D eigenvalue weighted by Crippen LogP contribution is -2.50. The highest BCUT2D eigenvalue weighted by Gasteiger charge is 2.22. The van der Waals surface area contributed by atoms with Gasteiger partial charge in [-0.1, -0.05) is 23.7 Å². The quantitative estimate of drug-likeness (QED) is 0.854. The van der Waals surface area contributed by atoms with E-state index in [1.807, 2.05) is 42.2 Å². The van der Waals surface area contributed by atoms with Gasteiger partial charge in [0, 0.05) is 32.4 Å². The second kappa shape index (κ2) is 7.53. The van der Waals surface area contributed by atoms with Gasteiger partial charge in [0.15, 0.2) is 6.61 Å². The summed E-state index contributed by atoms with van der Waals surface area (Å²) in [6.07, 6.45) is 1.78. The molecule has 0 bridgehead atoms. The Labute approximate surface area is 146 Å². The number of carbonyl (C=O) groups is 1. The summed E-state index contributed by atoms with van der Waals surface area (Å²) >= 11 is 6.09. The number of rotatable bonds is 4. The number of aromatic nitrogens is 1. The van der Waals surface area contributed by atoms with Crippen LogP contribution < -0.4 is 9.64 Å². The highest BCUT2D eigenvalue weighted by Crippen LogP contribution is 2.25. The normalized spacial score (nSPS) is 14.6. The van der Waals surface area contributed by atoms with E-state index in [0.717, 1.165) is 24.5 Å². The van der Waals surface area contributed by atoms with E-state index in [4.69, 9.17) is 16.3 Å². The van der Waals surface area contributed by atoms with Crippen molar-refractivity contribution >= 4 is 23.3 Å². The highest BCUT2D eigenvalue weighted by molar-refractivity contribution is 6.32. The zero-order valence-corrected chi connectivity index (χ0v) is 14.4. The summed E-state index contributed by atoms with van der Waals surface area (Å²) in [7, 11) is 0. The molecule has 1 aliphatic heterocycles. The molecule has 5 nitrogen and oxygen atoms in total. The van der Waals surface area contributed by atoms with Gasteiger partial charge in [-0.15, -0.1) is 0 Å². The number of carbonyl (C=O) groups excluding carboxylic acids is 1. The van der Waals surface area contributed by atoms with Crippen molar-refractivity contribution in [1.29, 1.82) is 0 Å². The smallest absolute Gasteiger partial charge is 0.260 e. The van der Waals surface area contributed by atoms with Gasteiger partial charge in [0.1, 0.15) is 11.6 Å². The minimum Gasteiger partial charge on any atom is -0.482 e. The molecule has 0 atom stereocenters. The third-order valence-corrected chi connectivity index (χ3v) is 4.36. The lowest BCUT2D eigenvalue weighted by molar-refractivity contribution is -0.133. The predicted octanol–water partition coefficient (Wildman–Crippen LogP) is 2.77. The molecule has 0 radical (unpaired) electrons. The number of aryl methyl sites for hydroxylation is 1. The maximum atomic E-state index is 12.3. The van der Waals surface area contributed by atoms with Crippen LogP contribution in [0.15, 0.2) is 42.6 Å². The number of amides is 1. The average molecular weight is 346 g/mol. The fraction of sp³-hybridized carbons (Fsp3) is 0.333. The molecule has 0 unspecified atom stereocenters. The van der Waals surface area contributed by atoms with Crippen molar-refractivity contribution in [2.75, 3.05) is 37.7 Å². The Morgan fingerprint density at radius 2 is 2.00 bits per heavy atom. The van der Waals surface area contributed by atoms with Crippen LogP contribution in [-0.4, -0.2) is 48.6 Å². The van der Waals surface area contributed by atoms with Gasteiger partial charge in [0.2, 0.25) is 0 Å². The molecule has 0 aliphatic carbocycles. The molecular weight excluding hydrogens is 326 g/mol. The molecule has 24 heavy (non-hydrogen) atoms. The van der Waals surface area contributed by atoms with Crippen LogP contribution >= 0.6 is 11.6 Å². The van der Waals surface area contributed by atoms with Crippen LogP contribution in [0, 0.1) is 6.92 Å².